The molecule has 2 heterocycles. The number of nitrogens with zero attached hydrogens (tertiary/aromatic N) is 4. The Labute approximate surface area is 119 Å². The van der Waals surface area contributed by atoms with Gasteiger partial charge in [-0.2, -0.15) is 0 Å². The second-order valence-electron chi connectivity index (χ2n) is 4.51. The molecule has 0 aliphatic carbocycles. The van der Waals surface area contributed by atoms with Crippen LogP contribution in [-0.2, 0) is 13.0 Å². The maximum atomic E-state index is 4.35. The van der Waals surface area contributed by atoms with Gasteiger partial charge in [0, 0.05) is 37.6 Å². The van der Waals surface area contributed by atoms with E-state index >= 15 is 0 Å². The molecule has 0 unspecified atom stereocenters. The van der Waals surface area contributed by atoms with Gasteiger partial charge in [-0.1, -0.05) is 6.92 Å². The predicted octanol–water partition coefficient (Wildman–Crippen LogP) is 2.17. The highest BCUT2D eigenvalue weighted by Crippen LogP contribution is 2.20. The van der Waals surface area contributed by atoms with E-state index in [9.17, 15) is 0 Å². The molecular weight excluding hydrogens is 252 g/mol. The number of aryl methyl sites for hydroxylation is 1. The Hall–Kier alpha value is -2.11. The van der Waals surface area contributed by atoms with E-state index in [4.69, 9.17) is 0 Å². The second-order valence-corrected chi connectivity index (χ2v) is 4.51. The Morgan fingerprint density at radius 3 is 2.60 bits per heavy atom. The van der Waals surface area contributed by atoms with Crippen molar-refractivity contribution in [1.29, 1.82) is 0 Å². The molecule has 2 aromatic rings. The van der Waals surface area contributed by atoms with Crippen LogP contribution in [0.4, 0.5) is 11.6 Å². The fourth-order valence-electron chi connectivity index (χ4n) is 2.11. The number of nitrogens with one attached hydrogen (secondary N) is 2. The lowest BCUT2D eigenvalue weighted by Gasteiger charge is -2.13. The van der Waals surface area contributed by atoms with Gasteiger partial charge in [0.05, 0.1) is 6.33 Å². The molecule has 0 fully saturated rings. The number of hydrogen-bond donors (Lipinski definition) is 2. The Morgan fingerprint density at radius 2 is 1.95 bits per heavy atom. The van der Waals surface area contributed by atoms with Gasteiger partial charge >= 0.3 is 0 Å². The average Bonchev–Trinajstić information content (AvgIpc) is 2.97. The molecule has 0 saturated carbocycles. The molecule has 0 aliphatic heterocycles. The molecule has 6 heteroatoms. The van der Waals surface area contributed by atoms with Gasteiger partial charge in [-0.3, -0.25) is 0 Å². The summed E-state index contributed by atoms with van der Waals surface area (Å²) < 4.78 is 2.08. The van der Waals surface area contributed by atoms with E-state index in [0.29, 0.717) is 0 Å². The molecule has 0 saturated heterocycles. The Kier molecular flexibility index (Phi) is 5.34. The molecular formula is C14H22N6. The minimum Gasteiger partial charge on any atom is -0.370 e. The molecule has 0 amide bonds. The van der Waals surface area contributed by atoms with Crippen LogP contribution in [0.2, 0.25) is 0 Å². The van der Waals surface area contributed by atoms with Crippen molar-refractivity contribution >= 4 is 11.6 Å². The van der Waals surface area contributed by atoms with Crippen LogP contribution in [0.25, 0.3) is 0 Å². The molecule has 0 bridgehead atoms. The minimum atomic E-state index is 0.865. The normalized spacial score (nSPS) is 10.5. The highest BCUT2D eigenvalue weighted by molar-refractivity contribution is 5.57. The van der Waals surface area contributed by atoms with Crippen LogP contribution in [-0.4, -0.2) is 32.6 Å². The van der Waals surface area contributed by atoms with Crippen molar-refractivity contribution in [2.24, 2.45) is 0 Å². The number of anilines is 2. The summed E-state index contributed by atoms with van der Waals surface area (Å²) in [6, 6.07) is 0. The molecule has 2 rings (SSSR count). The second kappa shape index (κ2) is 7.47. The summed E-state index contributed by atoms with van der Waals surface area (Å²) in [7, 11) is 0. The number of hydrogen-bond acceptors (Lipinski definition) is 5. The maximum absolute atomic E-state index is 4.35. The molecule has 0 atom stereocenters. The molecule has 2 aromatic heterocycles. The summed E-state index contributed by atoms with van der Waals surface area (Å²) in [6.07, 6.45) is 9.16. The summed E-state index contributed by atoms with van der Waals surface area (Å²) in [6.45, 7) is 6.90. The van der Waals surface area contributed by atoms with Crippen molar-refractivity contribution in [2.75, 3.05) is 23.7 Å². The van der Waals surface area contributed by atoms with E-state index in [0.717, 1.165) is 49.7 Å². The monoisotopic (exact) mass is 274 g/mol. The molecule has 20 heavy (non-hydrogen) atoms. The van der Waals surface area contributed by atoms with Crippen molar-refractivity contribution in [3.63, 3.8) is 0 Å². The average molecular weight is 274 g/mol. The summed E-state index contributed by atoms with van der Waals surface area (Å²) >= 11 is 0. The lowest BCUT2D eigenvalue weighted by molar-refractivity contribution is 0.659. The van der Waals surface area contributed by atoms with E-state index in [2.05, 4.69) is 44.0 Å². The third-order valence-electron chi connectivity index (χ3n) is 3.09. The third kappa shape index (κ3) is 3.69. The smallest absolute Gasteiger partial charge is 0.134 e. The zero-order valence-electron chi connectivity index (χ0n) is 12.1. The third-order valence-corrected chi connectivity index (χ3v) is 3.09. The number of rotatable bonds is 8. The lowest BCUT2D eigenvalue weighted by Crippen LogP contribution is -2.11. The molecule has 108 valence electrons. The fourth-order valence-corrected chi connectivity index (χ4v) is 2.11. The first-order chi connectivity index (χ1) is 9.85. The van der Waals surface area contributed by atoms with Crippen LogP contribution in [0.15, 0.2) is 25.0 Å². The topological polar surface area (TPSA) is 67.7 Å². The van der Waals surface area contributed by atoms with Gasteiger partial charge in [0.2, 0.25) is 0 Å². The van der Waals surface area contributed by atoms with Gasteiger partial charge in [0.1, 0.15) is 18.0 Å². The van der Waals surface area contributed by atoms with Crippen LogP contribution in [0.3, 0.4) is 0 Å². The van der Waals surface area contributed by atoms with Crippen LogP contribution in [0, 0.1) is 0 Å². The van der Waals surface area contributed by atoms with Crippen LogP contribution >= 0.6 is 0 Å². The van der Waals surface area contributed by atoms with Gasteiger partial charge in [0.15, 0.2) is 0 Å². The SMILES string of the molecule is CCNc1ncnc(NCCCn2ccnc2)c1CC. The van der Waals surface area contributed by atoms with E-state index in [1.54, 1.807) is 12.5 Å². The van der Waals surface area contributed by atoms with Gasteiger partial charge in [-0.05, 0) is 19.8 Å². The molecule has 0 aliphatic rings. The molecule has 6 nitrogen and oxygen atoms in total. The zero-order chi connectivity index (χ0) is 14.2. The van der Waals surface area contributed by atoms with Gasteiger partial charge < -0.3 is 15.2 Å². The lowest BCUT2D eigenvalue weighted by atomic mass is 10.2. The first-order valence-corrected chi connectivity index (χ1v) is 7.12. The van der Waals surface area contributed by atoms with Crippen LogP contribution in [0.5, 0.6) is 0 Å². The Morgan fingerprint density at radius 1 is 1.15 bits per heavy atom. The fraction of sp³-hybridized carbons (Fsp3) is 0.500. The van der Waals surface area contributed by atoms with Crippen molar-refractivity contribution in [3.05, 3.63) is 30.6 Å². The quantitative estimate of drug-likeness (QED) is 0.722. The summed E-state index contributed by atoms with van der Waals surface area (Å²) in [4.78, 5) is 12.7. The van der Waals surface area contributed by atoms with Crippen molar-refractivity contribution in [1.82, 2.24) is 19.5 Å². The van der Waals surface area contributed by atoms with Gasteiger partial charge in [-0.15, -0.1) is 0 Å². The van der Waals surface area contributed by atoms with E-state index < -0.39 is 0 Å². The first-order valence-electron chi connectivity index (χ1n) is 7.12. The van der Waals surface area contributed by atoms with Crippen molar-refractivity contribution in [2.45, 2.75) is 33.2 Å². The van der Waals surface area contributed by atoms with E-state index in [1.165, 1.54) is 0 Å². The largest absolute Gasteiger partial charge is 0.370 e. The summed E-state index contributed by atoms with van der Waals surface area (Å²) in [5.74, 6) is 1.87. The van der Waals surface area contributed by atoms with E-state index in [-0.39, 0.29) is 0 Å². The maximum Gasteiger partial charge on any atom is 0.134 e. The summed E-state index contributed by atoms with van der Waals surface area (Å²) in [5, 5.41) is 6.68. The minimum absolute atomic E-state index is 0.865. The Balaban J connectivity index is 1.90. The standard InChI is InChI=1S/C14H22N6/c1-3-12-13(16-4-2)18-10-19-14(12)17-6-5-8-20-9-7-15-11-20/h7,9-11H,3-6,8H2,1-2H3,(H2,16,17,18,19). The molecule has 0 radical (unpaired) electrons. The zero-order valence-corrected chi connectivity index (χ0v) is 12.1. The van der Waals surface area contributed by atoms with Gasteiger partial charge in [-0.25, -0.2) is 15.0 Å². The first kappa shape index (κ1) is 14.3. The number of aromatic nitrogens is 4. The van der Waals surface area contributed by atoms with Crippen LogP contribution < -0.4 is 10.6 Å². The highest BCUT2D eigenvalue weighted by atomic mass is 15.1. The van der Waals surface area contributed by atoms with E-state index in [1.807, 2.05) is 12.5 Å². The molecule has 0 aromatic carbocycles. The predicted molar refractivity (Wildman–Crippen MR) is 80.9 cm³/mol. The van der Waals surface area contributed by atoms with Gasteiger partial charge in [0.25, 0.3) is 0 Å². The Bertz CT molecular complexity index is 508. The number of imidazole rings is 1. The summed E-state index contributed by atoms with van der Waals surface area (Å²) in [5.41, 5.74) is 1.15. The van der Waals surface area contributed by atoms with Crippen molar-refractivity contribution < 1.29 is 0 Å². The molecule has 2 N–H and O–H groups in total. The van der Waals surface area contributed by atoms with Crippen LogP contribution in [0.1, 0.15) is 25.8 Å². The van der Waals surface area contributed by atoms with Crippen molar-refractivity contribution in [3.8, 4) is 0 Å². The molecule has 0 spiro atoms. The highest BCUT2D eigenvalue weighted by Gasteiger charge is 2.08.